The molecule has 0 saturated heterocycles. The van der Waals surface area contributed by atoms with E-state index in [0.717, 1.165) is 5.69 Å². The summed E-state index contributed by atoms with van der Waals surface area (Å²) in [5, 5.41) is 5.63. The van der Waals surface area contributed by atoms with Crippen LogP contribution in [0.1, 0.15) is 0 Å². The largest absolute Gasteiger partial charge is 0.449 e. The highest BCUT2D eigenvalue weighted by molar-refractivity contribution is 5.65. The molecule has 0 aliphatic carbocycles. The van der Waals surface area contributed by atoms with Crippen LogP contribution in [0.3, 0.4) is 0 Å². The normalized spacial score (nSPS) is 10.4. The minimum Gasteiger partial charge on any atom is -0.449 e. The Morgan fingerprint density at radius 2 is 1.48 bits per heavy atom. The number of halogens is 4. The molecule has 112 valence electrons. The first kappa shape index (κ1) is 15.0. The molecule has 0 spiro atoms. The Kier molecular flexibility index (Phi) is 4.21. The molecule has 21 heavy (non-hydrogen) atoms. The molecule has 0 aliphatic heterocycles. The van der Waals surface area contributed by atoms with Crippen LogP contribution in [0.4, 0.5) is 28.9 Å². The van der Waals surface area contributed by atoms with Crippen molar-refractivity contribution in [1.82, 2.24) is 0 Å². The van der Waals surface area contributed by atoms with Gasteiger partial charge < -0.3 is 15.4 Å². The van der Waals surface area contributed by atoms with E-state index in [1.807, 2.05) is 0 Å². The molecule has 2 aromatic rings. The van der Waals surface area contributed by atoms with Crippen LogP contribution in [0.2, 0.25) is 0 Å². The van der Waals surface area contributed by atoms with Crippen LogP contribution < -0.4 is 15.4 Å². The van der Waals surface area contributed by atoms with E-state index in [0.29, 0.717) is 5.69 Å². The third-order valence-electron chi connectivity index (χ3n) is 2.82. The van der Waals surface area contributed by atoms with Crippen molar-refractivity contribution < 1.29 is 22.3 Å². The van der Waals surface area contributed by atoms with E-state index in [4.69, 9.17) is 4.74 Å². The van der Waals surface area contributed by atoms with E-state index in [1.54, 1.807) is 26.2 Å². The molecule has 0 radical (unpaired) electrons. The molecule has 3 nitrogen and oxygen atoms in total. The third-order valence-corrected chi connectivity index (χ3v) is 2.82. The fraction of sp³-hybridized carbons (Fsp3) is 0.143. The van der Waals surface area contributed by atoms with Gasteiger partial charge in [-0.25, -0.2) is 8.78 Å². The van der Waals surface area contributed by atoms with Gasteiger partial charge in [-0.05, 0) is 18.2 Å². The molecule has 2 rings (SSSR count). The summed E-state index contributed by atoms with van der Waals surface area (Å²) in [6.45, 7) is 0. The molecule has 7 heteroatoms. The Bertz CT molecular complexity index is 650. The van der Waals surface area contributed by atoms with Crippen LogP contribution >= 0.6 is 0 Å². The first-order valence-electron chi connectivity index (χ1n) is 5.98. The van der Waals surface area contributed by atoms with E-state index in [1.165, 1.54) is 6.07 Å². The summed E-state index contributed by atoms with van der Waals surface area (Å²) >= 11 is 0. The molecule has 0 aliphatic rings. The number of hydrogen-bond donors (Lipinski definition) is 2. The van der Waals surface area contributed by atoms with Gasteiger partial charge in [0.2, 0.25) is 17.4 Å². The number of hydrogen-bond acceptors (Lipinski definition) is 3. The first-order valence-corrected chi connectivity index (χ1v) is 5.98. The summed E-state index contributed by atoms with van der Waals surface area (Å²) in [5.41, 5.74) is 1.11. The highest BCUT2D eigenvalue weighted by atomic mass is 19.2. The van der Waals surface area contributed by atoms with Crippen molar-refractivity contribution in [2.75, 3.05) is 24.7 Å². The number of rotatable bonds is 4. The summed E-state index contributed by atoms with van der Waals surface area (Å²) in [6.07, 6.45) is 0. The zero-order valence-corrected chi connectivity index (χ0v) is 11.2. The molecule has 0 bridgehead atoms. The Labute approximate surface area is 118 Å². The number of benzene rings is 2. The predicted octanol–water partition coefficient (Wildman–Crippen LogP) is 4.12. The summed E-state index contributed by atoms with van der Waals surface area (Å²) in [7, 11) is 3.26. The van der Waals surface area contributed by atoms with Crippen molar-refractivity contribution in [3.05, 3.63) is 47.5 Å². The van der Waals surface area contributed by atoms with E-state index in [2.05, 4.69) is 10.6 Å². The Balaban J connectivity index is 2.48. The van der Waals surface area contributed by atoms with Gasteiger partial charge in [0.05, 0.1) is 5.69 Å². The minimum atomic E-state index is -1.59. The van der Waals surface area contributed by atoms with Gasteiger partial charge in [-0.1, -0.05) is 0 Å². The number of anilines is 2. The van der Waals surface area contributed by atoms with Gasteiger partial charge in [0, 0.05) is 25.8 Å². The molecule has 0 heterocycles. The van der Waals surface area contributed by atoms with Crippen LogP contribution in [0.15, 0.2) is 24.3 Å². The van der Waals surface area contributed by atoms with Crippen LogP contribution in [0.5, 0.6) is 11.5 Å². The second-order valence-corrected chi connectivity index (χ2v) is 4.11. The van der Waals surface area contributed by atoms with Gasteiger partial charge in [-0.2, -0.15) is 8.78 Å². The maximum atomic E-state index is 13.6. The van der Waals surface area contributed by atoms with Crippen molar-refractivity contribution in [3.63, 3.8) is 0 Å². The smallest absolute Gasteiger partial charge is 0.204 e. The second-order valence-electron chi connectivity index (χ2n) is 4.11. The quantitative estimate of drug-likeness (QED) is 0.658. The molecule has 0 aromatic heterocycles. The van der Waals surface area contributed by atoms with Crippen LogP contribution in [-0.2, 0) is 0 Å². The monoisotopic (exact) mass is 300 g/mol. The van der Waals surface area contributed by atoms with Crippen molar-refractivity contribution in [2.24, 2.45) is 0 Å². The van der Waals surface area contributed by atoms with E-state index in [-0.39, 0.29) is 11.8 Å². The minimum absolute atomic E-state index is 0.0271. The first-order chi connectivity index (χ1) is 9.97. The fourth-order valence-electron chi connectivity index (χ4n) is 1.72. The Morgan fingerprint density at radius 1 is 0.857 bits per heavy atom. The van der Waals surface area contributed by atoms with Gasteiger partial charge in [-0.15, -0.1) is 0 Å². The lowest BCUT2D eigenvalue weighted by Crippen LogP contribution is -2.01. The number of ether oxygens (including phenoxy) is 1. The zero-order valence-electron chi connectivity index (χ0n) is 11.2. The van der Waals surface area contributed by atoms with Gasteiger partial charge >= 0.3 is 0 Å². The molecule has 0 fully saturated rings. The highest BCUT2D eigenvalue weighted by Crippen LogP contribution is 2.35. The van der Waals surface area contributed by atoms with Crippen molar-refractivity contribution in [2.45, 2.75) is 0 Å². The standard InChI is InChI=1S/C14H12F4N2O/c1-19-7-3-4-11(10(5-7)20-2)21-14-12(17)8(15)6-9(16)13(14)18/h3-6,19-20H,1-2H3. The molecule has 2 N–H and O–H groups in total. The average Bonchev–Trinajstić information content (AvgIpc) is 2.49. The molecule has 0 atom stereocenters. The summed E-state index contributed by atoms with van der Waals surface area (Å²) < 4.78 is 58.4. The summed E-state index contributed by atoms with van der Waals surface area (Å²) in [6, 6.07) is 4.74. The van der Waals surface area contributed by atoms with Gasteiger partial charge in [0.1, 0.15) is 0 Å². The molecule has 0 amide bonds. The Hall–Kier alpha value is -2.44. The molecular formula is C14H12F4N2O. The average molecular weight is 300 g/mol. The fourth-order valence-corrected chi connectivity index (χ4v) is 1.72. The summed E-state index contributed by atoms with van der Waals surface area (Å²) in [4.78, 5) is 0. The molecule has 0 saturated carbocycles. The van der Waals surface area contributed by atoms with E-state index in [9.17, 15) is 17.6 Å². The van der Waals surface area contributed by atoms with Crippen LogP contribution in [0, 0.1) is 23.3 Å². The highest BCUT2D eigenvalue weighted by Gasteiger charge is 2.22. The SMILES string of the molecule is CNc1ccc(Oc2c(F)c(F)cc(F)c2F)c(NC)c1. The van der Waals surface area contributed by atoms with Crippen molar-refractivity contribution in [1.29, 1.82) is 0 Å². The van der Waals surface area contributed by atoms with E-state index >= 15 is 0 Å². The topological polar surface area (TPSA) is 33.3 Å². The van der Waals surface area contributed by atoms with Crippen molar-refractivity contribution >= 4 is 11.4 Å². The van der Waals surface area contributed by atoms with Crippen LogP contribution in [0.25, 0.3) is 0 Å². The summed E-state index contributed by atoms with van der Waals surface area (Å²) in [5.74, 6) is -7.33. The van der Waals surface area contributed by atoms with Gasteiger partial charge in [0.25, 0.3) is 0 Å². The maximum absolute atomic E-state index is 13.6. The molecular weight excluding hydrogens is 288 g/mol. The van der Waals surface area contributed by atoms with Gasteiger partial charge in [-0.3, -0.25) is 0 Å². The van der Waals surface area contributed by atoms with Crippen molar-refractivity contribution in [3.8, 4) is 11.5 Å². The maximum Gasteiger partial charge on any atom is 0.204 e. The lowest BCUT2D eigenvalue weighted by molar-refractivity contribution is 0.367. The molecule has 0 unspecified atom stereocenters. The lowest BCUT2D eigenvalue weighted by Gasteiger charge is -2.14. The number of nitrogens with one attached hydrogen (secondary N) is 2. The van der Waals surface area contributed by atoms with E-state index < -0.39 is 29.0 Å². The lowest BCUT2D eigenvalue weighted by atomic mass is 10.2. The third kappa shape index (κ3) is 2.86. The Morgan fingerprint density at radius 3 is 2.00 bits per heavy atom. The molecule has 2 aromatic carbocycles. The zero-order chi connectivity index (χ0) is 15.6. The second kappa shape index (κ2) is 5.90. The van der Waals surface area contributed by atoms with Crippen LogP contribution in [-0.4, -0.2) is 14.1 Å². The van der Waals surface area contributed by atoms with Gasteiger partial charge in [0.15, 0.2) is 17.4 Å². The predicted molar refractivity (Wildman–Crippen MR) is 71.9 cm³/mol.